The summed E-state index contributed by atoms with van der Waals surface area (Å²) >= 11 is 0. The smallest absolute Gasteiger partial charge is 0.351 e. The zero-order valence-electron chi connectivity index (χ0n) is 8.78. The van der Waals surface area contributed by atoms with Crippen LogP contribution in [0, 0.1) is 5.82 Å². The largest absolute Gasteiger partial charge is 0.394 e. The molecule has 1 fully saturated rings. The molecule has 0 amide bonds. The highest BCUT2D eigenvalue weighted by molar-refractivity contribution is 5.26. The van der Waals surface area contributed by atoms with Crippen molar-refractivity contribution in [2.24, 2.45) is 0 Å². The van der Waals surface area contributed by atoms with Crippen LogP contribution in [0.4, 0.5) is 10.2 Å². The lowest BCUT2D eigenvalue weighted by Gasteiger charge is -2.14. The number of aliphatic hydroxyl groups is 2. The first-order valence-corrected chi connectivity index (χ1v) is 5.01. The minimum atomic E-state index is -0.905. The summed E-state index contributed by atoms with van der Waals surface area (Å²) in [5.41, 5.74) is 4.38. The van der Waals surface area contributed by atoms with Crippen molar-refractivity contribution < 1.29 is 19.3 Å². The van der Waals surface area contributed by atoms with Crippen LogP contribution in [0.3, 0.4) is 0 Å². The number of anilines is 1. The molecule has 0 spiro atoms. The Labute approximate surface area is 95.3 Å². The predicted molar refractivity (Wildman–Crippen MR) is 54.5 cm³/mol. The van der Waals surface area contributed by atoms with E-state index < -0.39 is 35.8 Å². The van der Waals surface area contributed by atoms with Gasteiger partial charge in [-0.3, -0.25) is 4.57 Å². The predicted octanol–water partition coefficient (Wildman–Crippen LogP) is -1.39. The van der Waals surface area contributed by atoms with Gasteiger partial charge in [-0.05, 0) is 0 Å². The van der Waals surface area contributed by atoms with E-state index in [4.69, 9.17) is 15.6 Å². The lowest BCUT2D eigenvalue weighted by molar-refractivity contribution is -0.0461. The highest BCUT2D eigenvalue weighted by atomic mass is 19.1. The molecule has 1 aliphatic heterocycles. The highest BCUT2D eigenvalue weighted by Gasteiger charge is 2.35. The number of aromatic nitrogens is 2. The van der Waals surface area contributed by atoms with E-state index in [-0.39, 0.29) is 13.0 Å². The van der Waals surface area contributed by atoms with Gasteiger partial charge in [-0.1, -0.05) is 0 Å². The molecule has 2 rings (SSSR count). The summed E-state index contributed by atoms with van der Waals surface area (Å²) in [6.45, 7) is -0.378. The van der Waals surface area contributed by atoms with Crippen molar-refractivity contribution >= 4 is 5.82 Å². The summed E-state index contributed by atoms with van der Waals surface area (Å²) in [4.78, 5) is 14.7. The Morgan fingerprint density at radius 3 is 3.00 bits per heavy atom. The Balaban J connectivity index is 2.30. The van der Waals surface area contributed by atoms with Crippen molar-refractivity contribution in [3.8, 4) is 0 Å². The molecule has 0 aromatic carbocycles. The van der Waals surface area contributed by atoms with Crippen molar-refractivity contribution in [1.29, 1.82) is 0 Å². The summed E-state index contributed by atoms with van der Waals surface area (Å²) < 4.78 is 19.3. The van der Waals surface area contributed by atoms with Gasteiger partial charge in [0, 0.05) is 6.42 Å². The van der Waals surface area contributed by atoms with Crippen molar-refractivity contribution in [3.05, 3.63) is 22.5 Å². The molecule has 7 nitrogen and oxygen atoms in total. The van der Waals surface area contributed by atoms with Crippen LogP contribution in [0.2, 0.25) is 0 Å². The van der Waals surface area contributed by atoms with Gasteiger partial charge in [0.15, 0.2) is 11.6 Å². The number of aliphatic hydroxyl groups excluding tert-OH is 2. The standard InChI is InChI=1S/C9H12FN3O4/c10-4-2-13(9(16)12-8(4)11)7-1-5(15)6(3-14)17-7/h2,5-7,14-15H,1,3H2,(H2,11,12,16)/t5-,6+,7?/m0/s1. The number of nitrogen functional groups attached to an aromatic ring is 1. The van der Waals surface area contributed by atoms with E-state index >= 15 is 0 Å². The molecule has 94 valence electrons. The lowest BCUT2D eigenvalue weighted by atomic mass is 10.2. The van der Waals surface area contributed by atoms with Gasteiger partial charge < -0.3 is 20.7 Å². The second-order valence-electron chi connectivity index (χ2n) is 3.78. The quantitative estimate of drug-likeness (QED) is 0.591. The number of hydrogen-bond acceptors (Lipinski definition) is 6. The fourth-order valence-electron chi connectivity index (χ4n) is 1.71. The number of nitrogens with two attached hydrogens (primary N) is 1. The molecule has 0 aliphatic carbocycles. The first-order valence-electron chi connectivity index (χ1n) is 5.01. The van der Waals surface area contributed by atoms with Crippen LogP contribution in [-0.4, -0.2) is 38.6 Å². The average molecular weight is 245 g/mol. The molecule has 1 saturated heterocycles. The molecule has 0 saturated carbocycles. The molecule has 1 aliphatic rings. The SMILES string of the molecule is Nc1nc(=O)n(C2C[C@H](O)[C@@H](CO)O2)cc1F. The van der Waals surface area contributed by atoms with Gasteiger partial charge in [0.1, 0.15) is 12.3 Å². The van der Waals surface area contributed by atoms with Gasteiger partial charge >= 0.3 is 5.69 Å². The molecule has 1 aromatic rings. The molecular weight excluding hydrogens is 233 g/mol. The summed E-state index contributed by atoms with van der Waals surface area (Å²) in [5, 5.41) is 18.4. The Hall–Kier alpha value is -1.51. The molecular formula is C9H12FN3O4. The van der Waals surface area contributed by atoms with E-state index in [0.29, 0.717) is 0 Å². The number of ether oxygens (including phenoxy) is 1. The first-order chi connectivity index (χ1) is 8.02. The summed E-state index contributed by atoms with van der Waals surface area (Å²) in [5.74, 6) is -1.32. The third-order valence-corrected chi connectivity index (χ3v) is 2.63. The monoisotopic (exact) mass is 245 g/mol. The molecule has 4 N–H and O–H groups in total. The molecule has 3 atom stereocenters. The maximum Gasteiger partial charge on any atom is 0.351 e. The van der Waals surface area contributed by atoms with Crippen LogP contribution in [0.25, 0.3) is 0 Å². The molecule has 17 heavy (non-hydrogen) atoms. The fourth-order valence-corrected chi connectivity index (χ4v) is 1.71. The first kappa shape index (κ1) is 12.0. The van der Waals surface area contributed by atoms with Crippen LogP contribution in [-0.2, 0) is 4.74 Å². The van der Waals surface area contributed by atoms with Crippen molar-refractivity contribution in [1.82, 2.24) is 9.55 Å². The molecule has 0 radical (unpaired) electrons. The zero-order chi connectivity index (χ0) is 12.6. The normalized spacial score (nSPS) is 28.5. The van der Waals surface area contributed by atoms with E-state index in [1.807, 2.05) is 0 Å². The van der Waals surface area contributed by atoms with E-state index in [2.05, 4.69) is 4.98 Å². The molecule has 8 heteroatoms. The number of nitrogens with zero attached hydrogens (tertiary/aromatic N) is 2. The molecule has 0 bridgehead atoms. The van der Waals surface area contributed by atoms with Crippen LogP contribution in [0.5, 0.6) is 0 Å². The highest BCUT2D eigenvalue weighted by Crippen LogP contribution is 2.27. The van der Waals surface area contributed by atoms with Crippen LogP contribution < -0.4 is 11.4 Å². The van der Waals surface area contributed by atoms with Gasteiger partial charge in [0.05, 0.1) is 18.9 Å². The average Bonchev–Trinajstić information content (AvgIpc) is 2.65. The summed E-state index contributed by atoms with van der Waals surface area (Å²) in [7, 11) is 0. The van der Waals surface area contributed by atoms with Gasteiger partial charge in [-0.25, -0.2) is 9.18 Å². The van der Waals surface area contributed by atoms with Crippen LogP contribution in [0.1, 0.15) is 12.6 Å². The number of halogens is 1. The minimum absolute atomic E-state index is 0.0795. The van der Waals surface area contributed by atoms with Crippen LogP contribution in [0.15, 0.2) is 11.0 Å². The second-order valence-corrected chi connectivity index (χ2v) is 3.78. The van der Waals surface area contributed by atoms with Gasteiger partial charge in [0.25, 0.3) is 0 Å². The Kier molecular flexibility index (Phi) is 3.09. The number of rotatable bonds is 2. The topological polar surface area (TPSA) is 111 Å². The van der Waals surface area contributed by atoms with E-state index in [0.717, 1.165) is 10.8 Å². The maximum atomic E-state index is 13.2. The van der Waals surface area contributed by atoms with Crippen molar-refractivity contribution in [2.45, 2.75) is 24.9 Å². The van der Waals surface area contributed by atoms with Crippen LogP contribution >= 0.6 is 0 Å². The van der Waals surface area contributed by atoms with Gasteiger partial charge in [0.2, 0.25) is 0 Å². The fraction of sp³-hybridized carbons (Fsp3) is 0.556. The lowest BCUT2D eigenvalue weighted by Crippen LogP contribution is -2.29. The summed E-state index contributed by atoms with van der Waals surface area (Å²) in [6.07, 6.45) is -1.58. The maximum absolute atomic E-state index is 13.2. The molecule has 1 aromatic heterocycles. The summed E-state index contributed by atoms with van der Waals surface area (Å²) in [6, 6.07) is 0. The van der Waals surface area contributed by atoms with Crippen molar-refractivity contribution in [2.75, 3.05) is 12.3 Å². The van der Waals surface area contributed by atoms with E-state index in [1.165, 1.54) is 0 Å². The molecule has 1 unspecified atom stereocenters. The zero-order valence-corrected chi connectivity index (χ0v) is 8.78. The third kappa shape index (κ3) is 2.14. The van der Waals surface area contributed by atoms with E-state index in [1.54, 1.807) is 0 Å². The molecule has 2 heterocycles. The Morgan fingerprint density at radius 1 is 1.71 bits per heavy atom. The van der Waals surface area contributed by atoms with E-state index in [9.17, 15) is 14.3 Å². The second kappa shape index (κ2) is 4.40. The minimum Gasteiger partial charge on any atom is -0.394 e. The Morgan fingerprint density at radius 2 is 2.41 bits per heavy atom. The number of hydrogen-bond donors (Lipinski definition) is 3. The van der Waals surface area contributed by atoms with Crippen molar-refractivity contribution in [3.63, 3.8) is 0 Å². The third-order valence-electron chi connectivity index (χ3n) is 2.63. The Bertz CT molecular complexity index is 478. The van der Waals surface area contributed by atoms with Gasteiger partial charge in [-0.15, -0.1) is 0 Å². The van der Waals surface area contributed by atoms with Gasteiger partial charge in [-0.2, -0.15) is 4.98 Å².